The number of hydrogen-bond acceptors (Lipinski definition) is 5. The van der Waals surface area contributed by atoms with Crippen molar-refractivity contribution in [3.63, 3.8) is 0 Å². The Labute approximate surface area is 219 Å². The lowest BCUT2D eigenvalue weighted by Gasteiger charge is -2.29. The molecule has 7 heteroatoms. The van der Waals surface area contributed by atoms with Crippen LogP contribution in [-0.4, -0.2) is 52.3 Å². The van der Waals surface area contributed by atoms with Crippen LogP contribution in [0.5, 0.6) is 0 Å². The van der Waals surface area contributed by atoms with Gasteiger partial charge in [0.05, 0.1) is 11.5 Å². The number of carboxylic acids is 1. The molecule has 1 heterocycles. The third-order valence-electron chi connectivity index (χ3n) is 5.87. The van der Waals surface area contributed by atoms with E-state index in [1.165, 1.54) is 0 Å². The Morgan fingerprint density at radius 3 is 1.97 bits per heavy atom. The van der Waals surface area contributed by atoms with Crippen molar-refractivity contribution in [2.45, 2.75) is 71.5 Å². The number of ether oxygens (including phenoxy) is 2. The van der Waals surface area contributed by atoms with Crippen LogP contribution in [0.4, 0.5) is 4.79 Å². The standard InChI is InChI=1S/C30H37NO6/c1-29(2,3)36-27(34)24-9-7-20(8-10-24)19-25(26(32)33)23-13-11-21(12-14-23)22-15-17-31(18-16-22)28(35)37-30(4,5)6/h7-15,25H,16-19H2,1-6H3,(H,32,33)/t25-/m1/s1. The molecule has 0 unspecified atom stereocenters. The topological polar surface area (TPSA) is 93.1 Å². The maximum atomic E-state index is 12.3. The number of carbonyl (C=O) groups is 3. The lowest BCUT2D eigenvalue weighted by atomic mass is 9.90. The Hall–Kier alpha value is -3.61. The second-order valence-corrected chi connectivity index (χ2v) is 11.3. The van der Waals surface area contributed by atoms with Gasteiger partial charge < -0.3 is 19.5 Å². The van der Waals surface area contributed by atoms with Gasteiger partial charge >= 0.3 is 18.0 Å². The molecule has 0 saturated heterocycles. The lowest BCUT2D eigenvalue weighted by molar-refractivity contribution is -0.138. The van der Waals surface area contributed by atoms with Gasteiger partial charge in [-0.15, -0.1) is 0 Å². The zero-order valence-corrected chi connectivity index (χ0v) is 22.5. The van der Waals surface area contributed by atoms with E-state index < -0.39 is 29.1 Å². The number of rotatable bonds is 6. The summed E-state index contributed by atoms with van der Waals surface area (Å²) in [5, 5.41) is 9.90. The van der Waals surface area contributed by atoms with E-state index in [1.807, 2.05) is 71.9 Å². The van der Waals surface area contributed by atoms with Crippen LogP contribution in [-0.2, 0) is 20.7 Å². The molecule has 0 radical (unpaired) electrons. The number of esters is 1. The number of nitrogens with zero attached hydrogens (tertiary/aromatic N) is 1. The molecule has 0 aromatic heterocycles. The second-order valence-electron chi connectivity index (χ2n) is 11.3. The fourth-order valence-corrected chi connectivity index (χ4v) is 4.05. The van der Waals surface area contributed by atoms with Crippen LogP contribution in [0, 0.1) is 0 Å². The lowest BCUT2D eigenvalue weighted by Crippen LogP contribution is -2.39. The second kappa shape index (κ2) is 11.2. The van der Waals surface area contributed by atoms with Gasteiger partial charge in [-0.2, -0.15) is 0 Å². The molecule has 3 rings (SSSR count). The summed E-state index contributed by atoms with van der Waals surface area (Å²) in [5.74, 6) is -2.03. The molecular formula is C30H37NO6. The van der Waals surface area contributed by atoms with Crippen LogP contribution in [0.15, 0.2) is 54.6 Å². The largest absolute Gasteiger partial charge is 0.481 e. The van der Waals surface area contributed by atoms with Crippen molar-refractivity contribution in [3.05, 3.63) is 76.9 Å². The summed E-state index contributed by atoms with van der Waals surface area (Å²) in [4.78, 5) is 38.3. The maximum Gasteiger partial charge on any atom is 0.410 e. The highest BCUT2D eigenvalue weighted by Gasteiger charge is 2.25. The van der Waals surface area contributed by atoms with Crippen LogP contribution in [0.1, 0.15) is 80.9 Å². The van der Waals surface area contributed by atoms with E-state index in [-0.39, 0.29) is 6.09 Å². The van der Waals surface area contributed by atoms with Crippen LogP contribution in [0.3, 0.4) is 0 Å². The Bertz CT molecular complexity index is 1150. The van der Waals surface area contributed by atoms with E-state index in [1.54, 1.807) is 29.2 Å². The molecule has 1 amide bonds. The van der Waals surface area contributed by atoms with Gasteiger partial charge in [-0.25, -0.2) is 9.59 Å². The third-order valence-corrected chi connectivity index (χ3v) is 5.87. The van der Waals surface area contributed by atoms with E-state index in [4.69, 9.17) is 9.47 Å². The number of amides is 1. The first kappa shape index (κ1) is 28.0. The van der Waals surface area contributed by atoms with Gasteiger partial charge in [0.1, 0.15) is 11.2 Å². The number of carbonyl (C=O) groups excluding carboxylic acids is 2. The maximum absolute atomic E-state index is 12.3. The molecule has 1 N–H and O–H groups in total. The molecule has 0 fully saturated rings. The van der Waals surface area contributed by atoms with Crippen molar-refractivity contribution < 1.29 is 29.0 Å². The summed E-state index contributed by atoms with van der Waals surface area (Å²) in [5.41, 5.74) is 2.98. The third kappa shape index (κ3) is 8.20. The SMILES string of the molecule is CC(C)(C)OC(=O)c1ccc(C[C@@H](C(=O)O)c2ccc(C3=CCN(C(=O)OC(C)(C)C)CC3)cc2)cc1. The Kier molecular flexibility index (Phi) is 8.46. The average molecular weight is 508 g/mol. The zero-order valence-electron chi connectivity index (χ0n) is 22.5. The van der Waals surface area contributed by atoms with Crippen molar-refractivity contribution in [1.29, 1.82) is 0 Å². The van der Waals surface area contributed by atoms with Crippen LogP contribution in [0.25, 0.3) is 5.57 Å². The number of benzene rings is 2. The summed E-state index contributed by atoms with van der Waals surface area (Å²) < 4.78 is 10.8. The minimum absolute atomic E-state index is 0.302. The average Bonchev–Trinajstić information content (AvgIpc) is 2.81. The number of carboxylic acid groups (broad SMARTS) is 1. The van der Waals surface area contributed by atoms with Gasteiger partial charge in [-0.05, 0) is 88.8 Å². The predicted molar refractivity (Wildman–Crippen MR) is 143 cm³/mol. The van der Waals surface area contributed by atoms with Crippen molar-refractivity contribution >= 4 is 23.6 Å². The van der Waals surface area contributed by atoms with Gasteiger partial charge in [-0.1, -0.05) is 42.5 Å². The van der Waals surface area contributed by atoms with Crippen LogP contribution < -0.4 is 0 Å². The molecule has 0 spiro atoms. The molecule has 198 valence electrons. The molecule has 1 aliphatic rings. The molecule has 1 aliphatic heterocycles. The first-order chi connectivity index (χ1) is 17.2. The van der Waals surface area contributed by atoms with Gasteiger partial charge in [-0.3, -0.25) is 4.79 Å². The molecule has 0 bridgehead atoms. The summed E-state index contributed by atoms with van der Waals surface area (Å²) in [6.07, 6.45) is 2.70. The van der Waals surface area contributed by atoms with Crippen molar-refractivity contribution in [1.82, 2.24) is 4.90 Å². The van der Waals surface area contributed by atoms with E-state index in [9.17, 15) is 19.5 Å². The number of hydrogen-bond donors (Lipinski definition) is 1. The smallest absolute Gasteiger partial charge is 0.410 e. The summed E-state index contributed by atoms with van der Waals surface area (Å²) >= 11 is 0. The Morgan fingerprint density at radius 1 is 0.892 bits per heavy atom. The molecule has 2 aromatic rings. The van der Waals surface area contributed by atoms with Crippen molar-refractivity contribution in [2.24, 2.45) is 0 Å². The van der Waals surface area contributed by atoms with Crippen LogP contribution >= 0.6 is 0 Å². The Morgan fingerprint density at radius 2 is 1.49 bits per heavy atom. The number of aliphatic carboxylic acids is 1. The fourth-order valence-electron chi connectivity index (χ4n) is 4.05. The van der Waals surface area contributed by atoms with Gasteiger partial charge in [0.2, 0.25) is 0 Å². The van der Waals surface area contributed by atoms with Crippen molar-refractivity contribution in [2.75, 3.05) is 13.1 Å². The van der Waals surface area contributed by atoms with Crippen LogP contribution in [0.2, 0.25) is 0 Å². The first-order valence-corrected chi connectivity index (χ1v) is 12.5. The Balaban J connectivity index is 1.66. The molecule has 0 saturated carbocycles. The highest BCUT2D eigenvalue weighted by molar-refractivity contribution is 5.89. The summed E-state index contributed by atoms with van der Waals surface area (Å²) in [6.45, 7) is 12.0. The normalized spacial score (nSPS) is 15.0. The highest BCUT2D eigenvalue weighted by Crippen LogP contribution is 2.27. The molecule has 37 heavy (non-hydrogen) atoms. The summed E-state index contributed by atoms with van der Waals surface area (Å²) in [6, 6.07) is 14.5. The van der Waals surface area contributed by atoms with Gasteiger partial charge in [0.25, 0.3) is 0 Å². The minimum Gasteiger partial charge on any atom is -0.481 e. The molecule has 1 atom stereocenters. The van der Waals surface area contributed by atoms with E-state index in [0.717, 1.165) is 16.7 Å². The van der Waals surface area contributed by atoms with Gasteiger partial charge in [0, 0.05) is 13.1 Å². The first-order valence-electron chi connectivity index (χ1n) is 12.5. The van der Waals surface area contributed by atoms with E-state index in [2.05, 4.69) is 0 Å². The summed E-state index contributed by atoms with van der Waals surface area (Å²) in [7, 11) is 0. The molecular weight excluding hydrogens is 470 g/mol. The minimum atomic E-state index is -0.908. The van der Waals surface area contributed by atoms with E-state index in [0.29, 0.717) is 37.1 Å². The predicted octanol–water partition coefficient (Wildman–Crippen LogP) is 6.08. The van der Waals surface area contributed by atoms with Crippen molar-refractivity contribution in [3.8, 4) is 0 Å². The highest BCUT2D eigenvalue weighted by atomic mass is 16.6. The monoisotopic (exact) mass is 507 g/mol. The fraction of sp³-hybridized carbons (Fsp3) is 0.433. The molecule has 0 aliphatic carbocycles. The van der Waals surface area contributed by atoms with Gasteiger partial charge in [0.15, 0.2) is 0 Å². The zero-order chi connectivity index (χ0) is 27.4. The molecule has 2 aromatic carbocycles. The quantitative estimate of drug-likeness (QED) is 0.477. The van der Waals surface area contributed by atoms with E-state index >= 15 is 0 Å². The molecule has 7 nitrogen and oxygen atoms in total.